The maximum absolute atomic E-state index is 13.0. The van der Waals surface area contributed by atoms with Gasteiger partial charge in [0.15, 0.2) is 5.75 Å². The summed E-state index contributed by atoms with van der Waals surface area (Å²) in [5.74, 6) is 0.963. The third-order valence-corrected chi connectivity index (χ3v) is 5.54. The number of rotatable bonds is 7. The minimum Gasteiger partial charge on any atom is -0.495 e. The van der Waals surface area contributed by atoms with Gasteiger partial charge in [-0.3, -0.25) is 9.52 Å². The highest BCUT2D eigenvalue weighted by atomic mass is 32.2. The molecule has 8 heteroatoms. The van der Waals surface area contributed by atoms with Gasteiger partial charge in [-0.05, 0) is 49.4 Å². The van der Waals surface area contributed by atoms with Crippen LogP contribution in [0.2, 0.25) is 0 Å². The molecule has 3 aromatic carbocycles. The summed E-state index contributed by atoms with van der Waals surface area (Å²) < 4.78 is 39.5. The summed E-state index contributed by atoms with van der Waals surface area (Å²) in [6.45, 7) is 3.30. The van der Waals surface area contributed by atoms with Gasteiger partial charge in [0.05, 0.1) is 23.4 Å². The molecule has 0 aliphatic heterocycles. The summed E-state index contributed by atoms with van der Waals surface area (Å²) in [7, 11) is -2.52. The second-order valence-electron chi connectivity index (χ2n) is 6.56. The van der Waals surface area contributed by atoms with Gasteiger partial charge in [-0.2, -0.15) is 0 Å². The van der Waals surface area contributed by atoms with E-state index in [0.29, 0.717) is 17.2 Å². The molecule has 3 aromatic rings. The summed E-state index contributed by atoms with van der Waals surface area (Å²) in [5.41, 5.74) is 1.64. The summed E-state index contributed by atoms with van der Waals surface area (Å²) in [6, 6.07) is 18.4. The fraction of sp³-hybridized carbons (Fsp3) is 0.136. The molecule has 0 spiro atoms. The van der Waals surface area contributed by atoms with Crippen molar-refractivity contribution in [1.82, 2.24) is 0 Å². The van der Waals surface area contributed by atoms with Crippen LogP contribution in [0, 0.1) is 6.92 Å². The Morgan fingerprint density at radius 2 is 1.60 bits per heavy atom. The first kappa shape index (κ1) is 21.2. The van der Waals surface area contributed by atoms with Crippen molar-refractivity contribution >= 4 is 27.3 Å². The van der Waals surface area contributed by atoms with Gasteiger partial charge in [-0.25, -0.2) is 8.42 Å². The molecule has 0 saturated carbocycles. The largest absolute Gasteiger partial charge is 0.495 e. The lowest BCUT2D eigenvalue weighted by atomic mass is 10.2. The van der Waals surface area contributed by atoms with Crippen molar-refractivity contribution in [2.75, 3.05) is 17.1 Å². The maximum Gasteiger partial charge on any atom is 0.262 e. The Bertz CT molecular complexity index is 1160. The Morgan fingerprint density at radius 3 is 2.27 bits per heavy atom. The van der Waals surface area contributed by atoms with Crippen LogP contribution in [0.25, 0.3) is 0 Å². The van der Waals surface area contributed by atoms with Gasteiger partial charge < -0.3 is 14.8 Å². The molecule has 0 aliphatic rings. The molecule has 30 heavy (non-hydrogen) atoms. The zero-order valence-corrected chi connectivity index (χ0v) is 17.6. The van der Waals surface area contributed by atoms with Crippen LogP contribution in [0.3, 0.4) is 0 Å². The topological polar surface area (TPSA) is 93.7 Å². The second-order valence-corrected chi connectivity index (χ2v) is 8.24. The molecule has 3 rings (SSSR count). The van der Waals surface area contributed by atoms with Crippen LogP contribution in [0.5, 0.6) is 17.2 Å². The monoisotopic (exact) mass is 426 g/mol. The number of benzene rings is 3. The average Bonchev–Trinajstić information content (AvgIpc) is 2.70. The number of amides is 1. The van der Waals surface area contributed by atoms with E-state index >= 15 is 0 Å². The summed E-state index contributed by atoms with van der Waals surface area (Å²) in [4.78, 5) is 11.4. The standard InChI is InChI=1S/C22H22N2O5S/c1-15-8-10-17(11-9-15)29-22-7-5-4-6-19(22)24-30(26,27)18-12-13-21(28-3)20(14-18)23-16(2)25/h4-14,24H,1-3H3,(H,23,25). The number of anilines is 2. The van der Waals surface area contributed by atoms with Crippen molar-refractivity contribution in [3.8, 4) is 17.2 Å². The van der Waals surface area contributed by atoms with Crippen LogP contribution in [0.1, 0.15) is 12.5 Å². The highest BCUT2D eigenvalue weighted by molar-refractivity contribution is 7.92. The van der Waals surface area contributed by atoms with Crippen LogP contribution in [-0.2, 0) is 14.8 Å². The molecule has 1 amide bonds. The van der Waals surface area contributed by atoms with Crippen molar-refractivity contribution in [1.29, 1.82) is 0 Å². The van der Waals surface area contributed by atoms with E-state index in [1.165, 1.54) is 32.2 Å². The van der Waals surface area contributed by atoms with Crippen molar-refractivity contribution < 1.29 is 22.7 Å². The van der Waals surface area contributed by atoms with Gasteiger partial charge in [0.2, 0.25) is 5.91 Å². The lowest BCUT2D eigenvalue weighted by molar-refractivity contribution is -0.114. The molecule has 156 valence electrons. The molecule has 0 fully saturated rings. The van der Waals surface area contributed by atoms with E-state index in [1.807, 2.05) is 31.2 Å². The Kier molecular flexibility index (Phi) is 6.27. The van der Waals surface area contributed by atoms with E-state index < -0.39 is 10.0 Å². The van der Waals surface area contributed by atoms with Crippen molar-refractivity contribution in [3.05, 3.63) is 72.3 Å². The Hall–Kier alpha value is -3.52. The number of aryl methyl sites for hydroxylation is 1. The minimum atomic E-state index is -3.95. The van der Waals surface area contributed by atoms with Gasteiger partial charge >= 0.3 is 0 Å². The van der Waals surface area contributed by atoms with Crippen molar-refractivity contribution in [2.45, 2.75) is 18.7 Å². The van der Waals surface area contributed by atoms with E-state index in [4.69, 9.17) is 9.47 Å². The number of ether oxygens (including phenoxy) is 2. The molecule has 0 bridgehead atoms. The van der Waals surface area contributed by atoms with Gasteiger partial charge in [0, 0.05) is 6.92 Å². The Balaban J connectivity index is 1.90. The first-order chi connectivity index (χ1) is 14.3. The molecule has 0 radical (unpaired) electrons. The first-order valence-electron chi connectivity index (χ1n) is 9.10. The smallest absolute Gasteiger partial charge is 0.262 e. The number of carbonyl (C=O) groups excluding carboxylic acids is 1. The van der Waals surface area contributed by atoms with Gasteiger partial charge in [-0.15, -0.1) is 0 Å². The Morgan fingerprint density at radius 1 is 0.900 bits per heavy atom. The molecule has 0 unspecified atom stereocenters. The number of para-hydroxylation sites is 2. The van der Waals surface area contributed by atoms with Gasteiger partial charge in [-0.1, -0.05) is 29.8 Å². The quantitative estimate of drug-likeness (QED) is 0.578. The highest BCUT2D eigenvalue weighted by Crippen LogP contribution is 2.33. The zero-order valence-electron chi connectivity index (χ0n) is 16.8. The van der Waals surface area contributed by atoms with Crippen LogP contribution < -0.4 is 19.5 Å². The molecule has 0 heterocycles. The first-order valence-corrected chi connectivity index (χ1v) is 10.6. The van der Waals surface area contributed by atoms with E-state index in [9.17, 15) is 13.2 Å². The SMILES string of the molecule is COc1ccc(S(=O)(=O)Nc2ccccc2Oc2ccc(C)cc2)cc1NC(C)=O. The Labute approximate surface area is 175 Å². The predicted octanol–water partition coefficient (Wildman–Crippen LogP) is 4.56. The molecular weight excluding hydrogens is 404 g/mol. The lowest BCUT2D eigenvalue weighted by Gasteiger charge is -2.15. The molecular formula is C22H22N2O5S. The van der Waals surface area contributed by atoms with Crippen molar-refractivity contribution in [3.63, 3.8) is 0 Å². The lowest BCUT2D eigenvalue weighted by Crippen LogP contribution is -2.15. The number of carbonyl (C=O) groups is 1. The number of methoxy groups -OCH3 is 1. The predicted molar refractivity (Wildman–Crippen MR) is 116 cm³/mol. The van der Waals surface area contributed by atoms with Gasteiger partial charge in [0.1, 0.15) is 11.5 Å². The molecule has 0 aromatic heterocycles. The molecule has 7 nitrogen and oxygen atoms in total. The average molecular weight is 426 g/mol. The van der Waals surface area contributed by atoms with E-state index in [2.05, 4.69) is 10.0 Å². The maximum atomic E-state index is 13.0. The van der Waals surface area contributed by atoms with Crippen LogP contribution in [-0.4, -0.2) is 21.4 Å². The van der Waals surface area contributed by atoms with Gasteiger partial charge in [0.25, 0.3) is 10.0 Å². The van der Waals surface area contributed by atoms with E-state index in [0.717, 1.165) is 5.56 Å². The zero-order chi connectivity index (χ0) is 21.7. The van der Waals surface area contributed by atoms with E-state index in [-0.39, 0.29) is 22.2 Å². The second kappa shape index (κ2) is 8.87. The summed E-state index contributed by atoms with van der Waals surface area (Å²) in [5, 5.41) is 2.57. The van der Waals surface area contributed by atoms with Crippen molar-refractivity contribution in [2.24, 2.45) is 0 Å². The number of nitrogens with one attached hydrogen (secondary N) is 2. The highest BCUT2D eigenvalue weighted by Gasteiger charge is 2.19. The third kappa shape index (κ3) is 5.09. The minimum absolute atomic E-state index is 0.0304. The van der Waals surface area contributed by atoms with Crippen LogP contribution >= 0.6 is 0 Å². The molecule has 2 N–H and O–H groups in total. The summed E-state index contributed by atoms with van der Waals surface area (Å²) in [6.07, 6.45) is 0. The fourth-order valence-corrected chi connectivity index (χ4v) is 3.81. The van der Waals surface area contributed by atoms with Crippen LogP contribution in [0.15, 0.2) is 71.6 Å². The summed E-state index contributed by atoms with van der Waals surface area (Å²) >= 11 is 0. The van der Waals surface area contributed by atoms with Crippen LogP contribution in [0.4, 0.5) is 11.4 Å². The molecule has 0 atom stereocenters. The fourth-order valence-electron chi connectivity index (χ4n) is 2.72. The third-order valence-electron chi connectivity index (χ3n) is 4.17. The number of hydrogen-bond acceptors (Lipinski definition) is 5. The molecule has 0 saturated heterocycles. The number of sulfonamides is 1. The van der Waals surface area contributed by atoms with E-state index in [1.54, 1.807) is 24.3 Å². The molecule has 0 aliphatic carbocycles. The normalized spacial score (nSPS) is 10.9. The number of hydrogen-bond donors (Lipinski definition) is 2.